The van der Waals surface area contributed by atoms with Crippen LogP contribution in [0.5, 0.6) is 0 Å². The highest BCUT2D eigenvalue weighted by molar-refractivity contribution is 7.16. The van der Waals surface area contributed by atoms with Crippen molar-refractivity contribution in [2.24, 2.45) is 0 Å². The molecule has 1 N–H and O–H groups in total. The largest absolute Gasteiger partial charge is 0.357 e. The molecule has 6 nitrogen and oxygen atoms in total. The Kier molecular flexibility index (Phi) is 3.13. The third kappa shape index (κ3) is 2.03. The van der Waals surface area contributed by atoms with Crippen LogP contribution in [0.4, 0.5) is 5.82 Å². The third-order valence-electron chi connectivity index (χ3n) is 3.27. The number of carbonyl (C=O) groups is 2. The molecular formula is C13H14N4O2S. The van der Waals surface area contributed by atoms with Gasteiger partial charge in [-0.25, -0.2) is 9.97 Å². The van der Waals surface area contributed by atoms with Crippen LogP contribution in [0.2, 0.25) is 0 Å². The summed E-state index contributed by atoms with van der Waals surface area (Å²) >= 11 is 1.51. The molecule has 0 radical (unpaired) electrons. The number of nitrogens with zero attached hydrogens (tertiary/aromatic N) is 3. The van der Waals surface area contributed by atoms with Gasteiger partial charge in [0.05, 0.1) is 11.8 Å². The number of carbonyl (C=O) groups excluding carboxylic acids is 2. The molecule has 1 aliphatic heterocycles. The van der Waals surface area contributed by atoms with Gasteiger partial charge in [-0.15, -0.1) is 11.3 Å². The predicted molar refractivity (Wildman–Crippen MR) is 76.4 cm³/mol. The Balaban J connectivity index is 1.87. The third-order valence-corrected chi connectivity index (χ3v) is 4.09. The first kappa shape index (κ1) is 13.0. The van der Waals surface area contributed by atoms with Gasteiger partial charge in [-0.3, -0.25) is 14.5 Å². The Bertz CT molecular complexity index is 682. The molecule has 3 heterocycles. The highest BCUT2D eigenvalue weighted by Gasteiger charge is 2.40. The van der Waals surface area contributed by atoms with E-state index in [1.807, 2.05) is 25.3 Å². The maximum Gasteiger partial charge on any atom is 0.252 e. The molecule has 1 atom stereocenters. The summed E-state index contributed by atoms with van der Waals surface area (Å²) in [6, 6.07) is 1.25. The number of thiophene rings is 1. The van der Waals surface area contributed by atoms with Crippen molar-refractivity contribution >= 4 is 39.2 Å². The number of anilines is 1. The number of imide groups is 1. The molecule has 1 unspecified atom stereocenters. The molecule has 7 heteroatoms. The van der Waals surface area contributed by atoms with E-state index in [0.29, 0.717) is 5.82 Å². The van der Waals surface area contributed by atoms with Gasteiger partial charge < -0.3 is 5.32 Å². The second-order valence-corrected chi connectivity index (χ2v) is 5.85. The van der Waals surface area contributed by atoms with E-state index in [2.05, 4.69) is 15.3 Å². The summed E-state index contributed by atoms with van der Waals surface area (Å²) in [6.45, 7) is 3.67. The monoisotopic (exact) mass is 290 g/mol. The van der Waals surface area contributed by atoms with Crippen molar-refractivity contribution in [2.45, 2.75) is 32.4 Å². The average Bonchev–Trinajstić information content (AvgIpc) is 2.95. The molecule has 0 bridgehead atoms. The van der Waals surface area contributed by atoms with Crippen molar-refractivity contribution in [3.63, 3.8) is 0 Å². The van der Waals surface area contributed by atoms with Gasteiger partial charge in [-0.1, -0.05) is 0 Å². The number of fused-ring (bicyclic) bond motifs is 1. The minimum Gasteiger partial charge on any atom is -0.357 e. The molecule has 1 saturated heterocycles. The number of rotatable bonds is 3. The molecule has 104 valence electrons. The van der Waals surface area contributed by atoms with Gasteiger partial charge in [0.2, 0.25) is 5.91 Å². The first-order valence-electron chi connectivity index (χ1n) is 6.38. The molecule has 0 saturated carbocycles. The fourth-order valence-electron chi connectivity index (χ4n) is 2.38. The summed E-state index contributed by atoms with van der Waals surface area (Å²) in [5.41, 5.74) is 0. The van der Waals surface area contributed by atoms with Crippen molar-refractivity contribution in [3.05, 3.63) is 17.8 Å². The number of likely N-dealkylation sites (tertiary alicyclic amines) is 1. The zero-order valence-corrected chi connectivity index (χ0v) is 12.0. The van der Waals surface area contributed by atoms with Crippen LogP contribution in [-0.4, -0.2) is 38.8 Å². The number of hydrogen-bond acceptors (Lipinski definition) is 6. The number of amides is 2. The van der Waals surface area contributed by atoms with Crippen LogP contribution in [-0.2, 0) is 9.59 Å². The summed E-state index contributed by atoms with van der Waals surface area (Å²) in [5, 5.41) is 5.88. The van der Waals surface area contributed by atoms with E-state index in [1.54, 1.807) is 0 Å². The molecular weight excluding hydrogens is 276 g/mol. The highest BCUT2D eigenvalue weighted by Crippen LogP contribution is 2.26. The molecule has 0 spiro atoms. The second kappa shape index (κ2) is 4.82. The van der Waals surface area contributed by atoms with E-state index in [9.17, 15) is 9.59 Å². The molecule has 2 amide bonds. The Labute approximate surface area is 119 Å². The average molecular weight is 290 g/mol. The Morgan fingerprint density at radius 2 is 2.20 bits per heavy atom. The van der Waals surface area contributed by atoms with Gasteiger partial charge in [0.15, 0.2) is 0 Å². The van der Waals surface area contributed by atoms with Crippen molar-refractivity contribution in [3.8, 4) is 0 Å². The fourth-order valence-corrected chi connectivity index (χ4v) is 3.11. The van der Waals surface area contributed by atoms with Crippen molar-refractivity contribution in [1.82, 2.24) is 14.9 Å². The number of hydrogen-bond donors (Lipinski definition) is 1. The van der Waals surface area contributed by atoms with E-state index in [0.717, 1.165) is 10.2 Å². The van der Waals surface area contributed by atoms with Gasteiger partial charge in [0, 0.05) is 6.04 Å². The standard InChI is InChI=1S/C13H14N4O2S/c1-7(2)17-10(18)5-9(13(17)19)16-11-8-3-4-20-12(8)15-6-14-11/h3-4,6-7,9H,5H2,1-2H3,(H,14,15,16). The zero-order chi connectivity index (χ0) is 14.3. The lowest BCUT2D eigenvalue weighted by Gasteiger charge is -2.19. The van der Waals surface area contributed by atoms with Gasteiger partial charge >= 0.3 is 0 Å². The fraction of sp³-hybridized carbons (Fsp3) is 0.385. The molecule has 3 rings (SSSR count). The SMILES string of the molecule is CC(C)N1C(=O)CC(Nc2ncnc3sccc23)C1=O. The van der Waals surface area contributed by atoms with E-state index in [1.165, 1.54) is 22.6 Å². The summed E-state index contributed by atoms with van der Waals surface area (Å²) < 4.78 is 0. The van der Waals surface area contributed by atoms with Crippen LogP contribution in [0, 0.1) is 0 Å². The number of aromatic nitrogens is 2. The minimum atomic E-state index is -0.539. The minimum absolute atomic E-state index is 0.117. The molecule has 1 fully saturated rings. The van der Waals surface area contributed by atoms with E-state index in [4.69, 9.17) is 0 Å². The van der Waals surface area contributed by atoms with Gasteiger partial charge in [0.1, 0.15) is 23.0 Å². The van der Waals surface area contributed by atoms with Crippen molar-refractivity contribution in [2.75, 3.05) is 5.32 Å². The summed E-state index contributed by atoms with van der Waals surface area (Å²) in [7, 11) is 0. The lowest BCUT2D eigenvalue weighted by Crippen LogP contribution is -2.39. The lowest BCUT2D eigenvalue weighted by molar-refractivity contribution is -0.140. The molecule has 0 aliphatic carbocycles. The van der Waals surface area contributed by atoms with Crippen LogP contribution in [0.3, 0.4) is 0 Å². The number of nitrogens with one attached hydrogen (secondary N) is 1. The van der Waals surface area contributed by atoms with Gasteiger partial charge in [0.25, 0.3) is 5.91 Å². The van der Waals surface area contributed by atoms with E-state index >= 15 is 0 Å². The molecule has 2 aromatic rings. The van der Waals surface area contributed by atoms with Gasteiger partial charge in [-0.05, 0) is 25.3 Å². The quantitative estimate of drug-likeness (QED) is 0.870. The molecule has 1 aliphatic rings. The maximum absolute atomic E-state index is 12.2. The first-order valence-corrected chi connectivity index (χ1v) is 7.26. The molecule has 20 heavy (non-hydrogen) atoms. The van der Waals surface area contributed by atoms with Crippen LogP contribution < -0.4 is 5.32 Å². The Hall–Kier alpha value is -2.02. The Morgan fingerprint density at radius 1 is 1.40 bits per heavy atom. The van der Waals surface area contributed by atoms with Crippen LogP contribution in [0.1, 0.15) is 20.3 Å². The van der Waals surface area contributed by atoms with Gasteiger partial charge in [-0.2, -0.15) is 0 Å². The summed E-state index contributed by atoms with van der Waals surface area (Å²) in [6.07, 6.45) is 1.63. The van der Waals surface area contributed by atoms with Crippen molar-refractivity contribution < 1.29 is 9.59 Å². The lowest BCUT2D eigenvalue weighted by atomic mass is 10.2. The van der Waals surface area contributed by atoms with E-state index in [-0.39, 0.29) is 24.3 Å². The normalized spacial score (nSPS) is 19.4. The van der Waals surface area contributed by atoms with Crippen LogP contribution in [0.15, 0.2) is 17.8 Å². The molecule has 0 aromatic carbocycles. The maximum atomic E-state index is 12.2. The summed E-state index contributed by atoms with van der Waals surface area (Å²) in [5.74, 6) is 0.276. The van der Waals surface area contributed by atoms with Crippen LogP contribution >= 0.6 is 11.3 Å². The van der Waals surface area contributed by atoms with Crippen LogP contribution in [0.25, 0.3) is 10.2 Å². The Morgan fingerprint density at radius 3 is 2.90 bits per heavy atom. The topological polar surface area (TPSA) is 75.2 Å². The highest BCUT2D eigenvalue weighted by atomic mass is 32.1. The van der Waals surface area contributed by atoms with Crippen molar-refractivity contribution in [1.29, 1.82) is 0 Å². The summed E-state index contributed by atoms with van der Waals surface area (Å²) in [4.78, 5) is 34.6. The first-order chi connectivity index (χ1) is 9.58. The predicted octanol–water partition coefficient (Wildman–Crippen LogP) is 1.64. The zero-order valence-electron chi connectivity index (χ0n) is 11.2. The second-order valence-electron chi connectivity index (χ2n) is 4.96. The van der Waals surface area contributed by atoms with E-state index < -0.39 is 6.04 Å². The molecule has 2 aromatic heterocycles. The smallest absolute Gasteiger partial charge is 0.252 e.